The Morgan fingerprint density at radius 1 is 1.33 bits per heavy atom. The number of halogens is 1. The molecule has 0 saturated carbocycles. The molecule has 110 valence electrons. The molecule has 0 bridgehead atoms. The zero-order valence-electron chi connectivity index (χ0n) is 11.6. The van der Waals surface area contributed by atoms with E-state index in [-0.39, 0.29) is 5.69 Å². The molecule has 2 rings (SSSR count). The predicted octanol–water partition coefficient (Wildman–Crippen LogP) is 3.17. The number of nitrogens with one attached hydrogen (secondary N) is 1. The first-order valence-corrected chi connectivity index (χ1v) is 6.16. The van der Waals surface area contributed by atoms with Gasteiger partial charge in [-0.2, -0.15) is 0 Å². The molecular formula is C15H15FN2O3. The van der Waals surface area contributed by atoms with Crippen LogP contribution in [-0.2, 0) is 0 Å². The monoisotopic (exact) mass is 290 g/mol. The van der Waals surface area contributed by atoms with Gasteiger partial charge in [0.25, 0.3) is 0 Å². The lowest BCUT2D eigenvalue weighted by Gasteiger charge is -2.12. The van der Waals surface area contributed by atoms with Crippen LogP contribution in [0, 0.1) is 12.7 Å². The Balaban J connectivity index is 2.34. The summed E-state index contributed by atoms with van der Waals surface area (Å²) >= 11 is 0. The molecule has 0 aliphatic rings. The van der Waals surface area contributed by atoms with E-state index in [9.17, 15) is 9.18 Å². The maximum absolute atomic E-state index is 13.7. The van der Waals surface area contributed by atoms with Gasteiger partial charge in [0.2, 0.25) is 0 Å². The second-order valence-corrected chi connectivity index (χ2v) is 4.53. The number of aryl methyl sites for hydroxylation is 1. The van der Waals surface area contributed by atoms with Gasteiger partial charge in [0.1, 0.15) is 11.6 Å². The van der Waals surface area contributed by atoms with Crippen LogP contribution in [0.1, 0.15) is 15.9 Å². The highest BCUT2D eigenvalue weighted by Crippen LogP contribution is 2.28. The van der Waals surface area contributed by atoms with Gasteiger partial charge in [-0.05, 0) is 36.8 Å². The fourth-order valence-corrected chi connectivity index (χ4v) is 1.97. The minimum absolute atomic E-state index is 0.155. The van der Waals surface area contributed by atoms with E-state index in [1.54, 1.807) is 19.2 Å². The summed E-state index contributed by atoms with van der Waals surface area (Å²) < 4.78 is 18.8. The Morgan fingerprint density at radius 2 is 2.05 bits per heavy atom. The van der Waals surface area contributed by atoms with E-state index in [2.05, 4.69) is 5.32 Å². The first kappa shape index (κ1) is 14.6. The summed E-state index contributed by atoms with van der Waals surface area (Å²) in [6.45, 7) is 1.88. The lowest BCUT2D eigenvalue weighted by Crippen LogP contribution is -2.05. The van der Waals surface area contributed by atoms with E-state index in [0.29, 0.717) is 11.4 Å². The number of rotatable bonds is 4. The zero-order valence-corrected chi connectivity index (χ0v) is 11.6. The number of carbonyl (C=O) groups is 1. The van der Waals surface area contributed by atoms with Crippen molar-refractivity contribution in [3.8, 4) is 5.75 Å². The van der Waals surface area contributed by atoms with Crippen LogP contribution < -0.4 is 15.8 Å². The van der Waals surface area contributed by atoms with Crippen LogP contribution in [0.2, 0.25) is 0 Å². The standard InChI is InChI=1S/C15H15FN2O3/c1-8-5-9(3-4-14(8)21-2)18-13-7-11(16)10(15(19)20)6-12(13)17/h3-7,18H,17H2,1-2H3,(H,19,20). The molecule has 0 spiro atoms. The molecule has 4 N–H and O–H groups in total. The molecule has 0 radical (unpaired) electrons. The van der Waals surface area contributed by atoms with Crippen molar-refractivity contribution in [3.05, 3.63) is 47.3 Å². The Morgan fingerprint density at radius 3 is 2.62 bits per heavy atom. The van der Waals surface area contributed by atoms with Crippen molar-refractivity contribution < 1.29 is 19.0 Å². The molecule has 0 aromatic heterocycles. The largest absolute Gasteiger partial charge is 0.496 e. The third-order valence-corrected chi connectivity index (χ3v) is 3.04. The quantitative estimate of drug-likeness (QED) is 0.753. The van der Waals surface area contributed by atoms with E-state index < -0.39 is 17.3 Å². The number of benzene rings is 2. The Bertz CT molecular complexity index is 702. The van der Waals surface area contributed by atoms with Gasteiger partial charge >= 0.3 is 5.97 Å². The fourth-order valence-electron chi connectivity index (χ4n) is 1.97. The van der Waals surface area contributed by atoms with Gasteiger partial charge in [-0.1, -0.05) is 0 Å². The van der Waals surface area contributed by atoms with Gasteiger partial charge in [-0.3, -0.25) is 0 Å². The van der Waals surface area contributed by atoms with Gasteiger partial charge in [0.05, 0.1) is 24.0 Å². The second kappa shape index (κ2) is 5.70. The molecule has 6 heteroatoms. The molecular weight excluding hydrogens is 275 g/mol. The number of nitrogens with two attached hydrogens (primary N) is 1. The maximum atomic E-state index is 13.7. The molecule has 5 nitrogen and oxygen atoms in total. The number of anilines is 3. The molecule has 0 aliphatic heterocycles. The average molecular weight is 290 g/mol. The third-order valence-electron chi connectivity index (χ3n) is 3.04. The molecule has 0 heterocycles. The van der Waals surface area contributed by atoms with Crippen molar-refractivity contribution in [2.75, 3.05) is 18.2 Å². The summed E-state index contributed by atoms with van der Waals surface area (Å²) in [6, 6.07) is 7.51. The zero-order chi connectivity index (χ0) is 15.6. The molecule has 0 atom stereocenters. The first-order valence-electron chi connectivity index (χ1n) is 6.16. The lowest BCUT2D eigenvalue weighted by atomic mass is 10.1. The molecule has 0 saturated heterocycles. The van der Waals surface area contributed by atoms with E-state index >= 15 is 0 Å². The summed E-state index contributed by atoms with van der Waals surface area (Å²) in [5, 5.41) is 11.8. The van der Waals surface area contributed by atoms with E-state index in [4.69, 9.17) is 15.6 Å². The van der Waals surface area contributed by atoms with E-state index in [1.165, 1.54) is 0 Å². The van der Waals surface area contributed by atoms with Crippen LogP contribution in [0.15, 0.2) is 30.3 Å². The number of carboxylic acid groups (broad SMARTS) is 1. The molecule has 0 aliphatic carbocycles. The molecule has 0 amide bonds. The lowest BCUT2D eigenvalue weighted by molar-refractivity contribution is 0.0692. The smallest absolute Gasteiger partial charge is 0.338 e. The normalized spacial score (nSPS) is 10.2. The maximum Gasteiger partial charge on any atom is 0.338 e. The van der Waals surface area contributed by atoms with Crippen molar-refractivity contribution in [2.45, 2.75) is 6.92 Å². The van der Waals surface area contributed by atoms with Crippen molar-refractivity contribution in [3.63, 3.8) is 0 Å². The Kier molecular flexibility index (Phi) is 3.98. The first-order chi connectivity index (χ1) is 9.92. The summed E-state index contributed by atoms with van der Waals surface area (Å²) in [4.78, 5) is 10.8. The van der Waals surface area contributed by atoms with Crippen LogP contribution in [0.25, 0.3) is 0 Å². The van der Waals surface area contributed by atoms with Crippen LogP contribution in [0.4, 0.5) is 21.5 Å². The fraction of sp³-hybridized carbons (Fsp3) is 0.133. The summed E-state index contributed by atoms with van der Waals surface area (Å²) in [5.41, 5.74) is 7.36. The second-order valence-electron chi connectivity index (χ2n) is 4.53. The van der Waals surface area contributed by atoms with Gasteiger partial charge in [0.15, 0.2) is 0 Å². The summed E-state index contributed by atoms with van der Waals surface area (Å²) in [6.07, 6.45) is 0. The number of nitrogen functional groups attached to an aromatic ring is 1. The SMILES string of the molecule is COc1ccc(Nc2cc(F)c(C(=O)O)cc2N)cc1C. The Labute approximate surface area is 121 Å². The number of hydrogen-bond acceptors (Lipinski definition) is 4. The molecule has 0 fully saturated rings. The van der Waals surface area contributed by atoms with Gasteiger partial charge in [-0.25, -0.2) is 9.18 Å². The van der Waals surface area contributed by atoms with Gasteiger partial charge in [-0.15, -0.1) is 0 Å². The van der Waals surface area contributed by atoms with Crippen LogP contribution in [0.5, 0.6) is 5.75 Å². The van der Waals surface area contributed by atoms with Gasteiger partial charge < -0.3 is 20.9 Å². The van der Waals surface area contributed by atoms with Crippen LogP contribution in [0.3, 0.4) is 0 Å². The average Bonchev–Trinajstić information content (AvgIpc) is 2.42. The minimum atomic E-state index is -1.36. The van der Waals surface area contributed by atoms with Crippen LogP contribution in [-0.4, -0.2) is 18.2 Å². The number of hydrogen-bond donors (Lipinski definition) is 3. The van der Waals surface area contributed by atoms with Gasteiger partial charge in [0, 0.05) is 11.8 Å². The summed E-state index contributed by atoms with van der Waals surface area (Å²) in [7, 11) is 1.58. The minimum Gasteiger partial charge on any atom is -0.496 e. The molecule has 21 heavy (non-hydrogen) atoms. The Hall–Kier alpha value is -2.76. The molecule has 2 aromatic carbocycles. The molecule has 2 aromatic rings. The number of carboxylic acids is 1. The highest BCUT2D eigenvalue weighted by molar-refractivity contribution is 5.91. The van der Waals surface area contributed by atoms with E-state index in [1.807, 2.05) is 13.0 Å². The van der Waals surface area contributed by atoms with Crippen molar-refractivity contribution >= 4 is 23.0 Å². The van der Waals surface area contributed by atoms with Crippen molar-refractivity contribution in [1.82, 2.24) is 0 Å². The van der Waals surface area contributed by atoms with E-state index in [0.717, 1.165) is 23.4 Å². The third kappa shape index (κ3) is 3.05. The predicted molar refractivity (Wildman–Crippen MR) is 78.8 cm³/mol. The number of ether oxygens (including phenoxy) is 1. The topological polar surface area (TPSA) is 84.6 Å². The highest BCUT2D eigenvalue weighted by Gasteiger charge is 2.14. The van der Waals surface area contributed by atoms with Crippen LogP contribution >= 0.6 is 0 Å². The van der Waals surface area contributed by atoms with Crippen molar-refractivity contribution in [1.29, 1.82) is 0 Å². The molecule has 0 unspecified atom stereocenters. The van der Waals surface area contributed by atoms with Crippen molar-refractivity contribution in [2.24, 2.45) is 0 Å². The highest BCUT2D eigenvalue weighted by atomic mass is 19.1. The number of methoxy groups -OCH3 is 1. The summed E-state index contributed by atoms with van der Waals surface area (Å²) in [5.74, 6) is -1.46. The number of aromatic carboxylic acids is 1.